The number of carbonyl (C=O) groups is 2. The summed E-state index contributed by atoms with van der Waals surface area (Å²) >= 11 is 0. The summed E-state index contributed by atoms with van der Waals surface area (Å²) in [5.74, 6) is -1.15. The Hall–Kier alpha value is -4.80. The third-order valence-electron chi connectivity index (χ3n) is 6.34. The Morgan fingerprint density at radius 1 is 1.00 bits per heavy atom. The minimum absolute atomic E-state index is 0.0483. The van der Waals surface area contributed by atoms with E-state index in [-0.39, 0.29) is 39.5 Å². The maximum atomic E-state index is 13.6. The maximum absolute atomic E-state index is 13.6. The van der Waals surface area contributed by atoms with Crippen LogP contribution in [0.15, 0.2) is 71.3 Å². The molecular formula is C30H27F4N3O4. The lowest BCUT2D eigenvalue weighted by Crippen LogP contribution is -2.22. The number of fused-ring (bicyclic) bond motifs is 1. The third kappa shape index (κ3) is 6.34. The molecule has 3 aromatic carbocycles. The normalized spacial score (nSPS) is 11.3. The second-order valence-electron chi connectivity index (χ2n) is 9.08. The molecule has 0 fully saturated rings. The highest BCUT2D eigenvalue weighted by Gasteiger charge is 2.29. The number of allylic oxidation sites excluding steroid dienone is 1. The smallest absolute Gasteiger partial charge is 0.405 e. The van der Waals surface area contributed by atoms with Crippen LogP contribution >= 0.6 is 0 Å². The van der Waals surface area contributed by atoms with Crippen molar-refractivity contribution >= 4 is 28.5 Å². The number of anilines is 1. The number of hydrogen-bond donors (Lipinski definition) is 3. The first-order valence-electron chi connectivity index (χ1n) is 12.5. The summed E-state index contributed by atoms with van der Waals surface area (Å²) in [7, 11) is 2.81. The van der Waals surface area contributed by atoms with Crippen LogP contribution in [-0.2, 0) is 0 Å². The number of ether oxygens (including phenoxy) is 1. The average molecular weight is 570 g/mol. The topological polar surface area (TPSA) is 92.6 Å². The molecule has 0 unspecified atom stereocenters. The number of carbonyl (C=O) groups excluding carboxylic acids is 2. The van der Waals surface area contributed by atoms with Crippen LogP contribution in [0.2, 0.25) is 0 Å². The predicted molar refractivity (Wildman–Crippen MR) is 148 cm³/mol. The highest BCUT2D eigenvalue weighted by Crippen LogP contribution is 2.41. The lowest BCUT2D eigenvalue weighted by atomic mass is 9.96. The van der Waals surface area contributed by atoms with Crippen LogP contribution in [0.3, 0.4) is 0 Å². The van der Waals surface area contributed by atoms with Gasteiger partial charge in [0.05, 0.1) is 18.2 Å². The molecule has 1 heterocycles. The van der Waals surface area contributed by atoms with Gasteiger partial charge in [-0.3, -0.25) is 9.59 Å². The zero-order valence-corrected chi connectivity index (χ0v) is 22.5. The van der Waals surface area contributed by atoms with Gasteiger partial charge in [0.25, 0.3) is 11.8 Å². The summed E-state index contributed by atoms with van der Waals surface area (Å²) in [5, 5.41) is 7.92. The van der Waals surface area contributed by atoms with Gasteiger partial charge in [-0.15, -0.1) is 0 Å². The molecule has 0 saturated carbocycles. The first-order chi connectivity index (χ1) is 19.4. The first kappa shape index (κ1) is 29.2. The van der Waals surface area contributed by atoms with E-state index in [0.717, 1.165) is 0 Å². The summed E-state index contributed by atoms with van der Waals surface area (Å²) in [6.45, 7) is 4.25. The predicted octanol–water partition coefficient (Wildman–Crippen LogP) is 6.90. The zero-order valence-electron chi connectivity index (χ0n) is 22.5. The van der Waals surface area contributed by atoms with E-state index < -0.39 is 30.4 Å². The van der Waals surface area contributed by atoms with Gasteiger partial charge in [0.1, 0.15) is 29.5 Å². The highest BCUT2D eigenvalue weighted by molar-refractivity contribution is 6.13. The van der Waals surface area contributed by atoms with Gasteiger partial charge >= 0.3 is 6.18 Å². The molecule has 41 heavy (non-hydrogen) atoms. The molecule has 2 amide bonds. The van der Waals surface area contributed by atoms with E-state index in [0.29, 0.717) is 28.6 Å². The van der Waals surface area contributed by atoms with Crippen molar-refractivity contribution in [1.82, 2.24) is 10.6 Å². The van der Waals surface area contributed by atoms with Crippen molar-refractivity contribution < 1.29 is 36.3 Å². The molecule has 0 saturated heterocycles. The van der Waals surface area contributed by atoms with Crippen molar-refractivity contribution in [2.24, 2.45) is 0 Å². The Morgan fingerprint density at radius 3 is 2.29 bits per heavy atom. The second kappa shape index (κ2) is 11.7. The summed E-state index contributed by atoms with van der Waals surface area (Å²) in [4.78, 5) is 26.0. The maximum Gasteiger partial charge on any atom is 0.405 e. The van der Waals surface area contributed by atoms with Gasteiger partial charge in [-0.25, -0.2) is 4.39 Å². The quantitative estimate of drug-likeness (QED) is 0.191. The van der Waals surface area contributed by atoms with Crippen LogP contribution in [-0.4, -0.2) is 38.7 Å². The molecular weight excluding hydrogens is 542 g/mol. The third-order valence-corrected chi connectivity index (χ3v) is 6.34. The number of benzene rings is 3. The molecule has 0 spiro atoms. The molecule has 0 aliphatic carbocycles. The Morgan fingerprint density at radius 2 is 1.68 bits per heavy atom. The molecule has 214 valence electrons. The molecule has 4 rings (SSSR count). The van der Waals surface area contributed by atoms with Gasteiger partial charge in [0, 0.05) is 41.0 Å². The van der Waals surface area contributed by atoms with Crippen molar-refractivity contribution in [3.63, 3.8) is 0 Å². The number of amides is 2. The lowest BCUT2D eigenvalue weighted by Gasteiger charge is -2.16. The highest BCUT2D eigenvalue weighted by atomic mass is 19.4. The molecule has 4 aromatic rings. The van der Waals surface area contributed by atoms with E-state index in [9.17, 15) is 27.2 Å². The van der Waals surface area contributed by atoms with Gasteiger partial charge in [-0.1, -0.05) is 19.6 Å². The van der Waals surface area contributed by atoms with Crippen LogP contribution in [0, 0.1) is 5.82 Å². The Balaban J connectivity index is 1.97. The molecule has 0 atom stereocenters. The number of halogens is 4. The average Bonchev–Trinajstić information content (AvgIpc) is 3.32. The van der Waals surface area contributed by atoms with Crippen LogP contribution in [0.25, 0.3) is 33.4 Å². The number of alkyl halides is 3. The molecule has 11 heteroatoms. The van der Waals surface area contributed by atoms with Crippen LogP contribution in [0.5, 0.6) is 5.75 Å². The van der Waals surface area contributed by atoms with Gasteiger partial charge in [-0.2, -0.15) is 13.2 Å². The molecule has 0 aliphatic rings. The van der Waals surface area contributed by atoms with Gasteiger partial charge in [0.15, 0.2) is 0 Å². The number of hydrogen-bond acceptors (Lipinski definition) is 5. The van der Waals surface area contributed by atoms with E-state index >= 15 is 0 Å². The first-order valence-corrected chi connectivity index (χ1v) is 12.5. The lowest BCUT2D eigenvalue weighted by molar-refractivity contribution is -0.115. The summed E-state index contributed by atoms with van der Waals surface area (Å²) < 4.78 is 64.6. The van der Waals surface area contributed by atoms with Crippen molar-refractivity contribution in [3.8, 4) is 28.2 Å². The van der Waals surface area contributed by atoms with E-state index in [2.05, 4.69) is 22.5 Å². The summed E-state index contributed by atoms with van der Waals surface area (Å²) in [5.41, 5.74) is 1.93. The van der Waals surface area contributed by atoms with Crippen LogP contribution in [0.4, 0.5) is 23.2 Å². The van der Waals surface area contributed by atoms with E-state index in [1.165, 1.54) is 62.7 Å². The number of furan rings is 1. The fourth-order valence-electron chi connectivity index (χ4n) is 4.25. The van der Waals surface area contributed by atoms with Gasteiger partial charge < -0.3 is 25.1 Å². The zero-order chi connectivity index (χ0) is 29.9. The van der Waals surface area contributed by atoms with Crippen LogP contribution < -0.4 is 20.7 Å². The Kier molecular flexibility index (Phi) is 8.36. The largest absolute Gasteiger partial charge is 0.496 e. The fraction of sp³-hybridized carbons (Fsp3) is 0.200. The van der Waals surface area contributed by atoms with E-state index in [1.54, 1.807) is 6.07 Å². The van der Waals surface area contributed by atoms with Crippen molar-refractivity contribution in [3.05, 3.63) is 83.8 Å². The fourth-order valence-corrected chi connectivity index (χ4v) is 4.25. The molecule has 1 aromatic heterocycles. The van der Waals surface area contributed by atoms with Crippen molar-refractivity contribution in [2.45, 2.75) is 19.5 Å². The Labute approximate surface area is 233 Å². The minimum Gasteiger partial charge on any atom is -0.496 e. The van der Waals surface area contributed by atoms with Crippen molar-refractivity contribution in [2.75, 3.05) is 26.0 Å². The standard InChI is InChI=1S/C30H27F4N3O4/c1-5-16(2)37-28(38)22-12-18(8-11-24(22)40-4)20-13-21-25(14-23(20)36-15-30(32,33)34)41-27(26(21)29(39)35-3)17-6-9-19(31)10-7-17/h6-14,36H,2,5,15H2,1,3-4H3,(H,35,39)(H,37,38). The molecule has 0 bridgehead atoms. The molecule has 3 N–H and O–H groups in total. The van der Waals surface area contributed by atoms with Gasteiger partial charge in [-0.05, 0) is 54.4 Å². The molecule has 7 nitrogen and oxygen atoms in total. The minimum atomic E-state index is -4.53. The Bertz CT molecular complexity index is 1630. The number of rotatable bonds is 9. The SMILES string of the molecule is C=C(CC)NC(=O)c1cc(-c2cc3c(C(=O)NC)c(-c4ccc(F)cc4)oc3cc2NCC(F)(F)F)ccc1OC. The van der Waals surface area contributed by atoms with E-state index in [1.807, 2.05) is 6.92 Å². The molecule has 0 radical (unpaired) electrons. The number of nitrogens with one attached hydrogen (secondary N) is 3. The summed E-state index contributed by atoms with van der Waals surface area (Å²) in [6, 6.07) is 12.7. The monoisotopic (exact) mass is 569 g/mol. The summed E-state index contributed by atoms with van der Waals surface area (Å²) in [6.07, 6.45) is -4.04. The van der Waals surface area contributed by atoms with Gasteiger partial charge in [0.2, 0.25) is 0 Å². The van der Waals surface area contributed by atoms with E-state index in [4.69, 9.17) is 9.15 Å². The second-order valence-corrected chi connectivity index (χ2v) is 9.08. The number of methoxy groups -OCH3 is 1. The van der Waals surface area contributed by atoms with Crippen LogP contribution in [0.1, 0.15) is 34.1 Å². The van der Waals surface area contributed by atoms with Crippen molar-refractivity contribution in [1.29, 1.82) is 0 Å². The molecule has 0 aliphatic heterocycles.